The molecule has 1 N–H and O–H groups in total. The number of rotatable bonds is 6. The summed E-state index contributed by atoms with van der Waals surface area (Å²) >= 11 is 1.50. The minimum Gasteiger partial charge on any atom is -0.335 e. The zero-order valence-corrected chi connectivity index (χ0v) is 18.1. The average Bonchev–Trinajstić information content (AvgIpc) is 3.16. The first kappa shape index (κ1) is 21.0. The molecule has 0 bridgehead atoms. The smallest absolute Gasteiger partial charge is 0.261 e. The van der Waals surface area contributed by atoms with Crippen LogP contribution in [0.3, 0.4) is 0 Å². The maximum absolute atomic E-state index is 13.1. The number of nitrogens with one attached hydrogen (secondary N) is 1. The average molecular weight is 456 g/mol. The van der Waals surface area contributed by atoms with E-state index >= 15 is 0 Å². The molecule has 0 aliphatic carbocycles. The Morgan fingerprint density at radius 3 is 2.45 bits per heavy atom. The van der Waals surface area contributed by atoms with Crippen molar-refractivity contribution in [3.05, 3.63) is 89.2 Å². The molecule has 0 atom stereocenters. The number of halogens is 1. The van der Waals surface area contributed by atoms with Crippen LogP contribution in [0.1, 0.15) is 15.4 Å². The monoisotopic (exact) mass is 455 g/mol. The van der Waals surface area contributed by atoms with Gasteiger partial charge in [-0.25, -0.2) is 17.8 Å². The molecule has 0 spiro atoms. The van der Waals surface area contributed by atoms with Gasteiger partial charge in [-0.2, -0.15) is 0 Å². The van der Waals surface area contributed by atoms with Gasteiger partial charge in [0.05, 0.1) is 32.9 Å². The number of sulfonamides is 1. The Labute approximate surface area is 183 Å². The van der Waals surface area contributed by atoms with E-state index in [0.29, 0.717) is 0 Å². The van der Waals surface area contributed by atoms with Crippen molar-refractivity contribution in [3.8, 4) is 0 Å². The Kier molecular flexibility index (Phi) is 5.71. The molecule has 1 amide bonds. The van der Waals surface area contributed by atoms with Crippen molar-refractivity contribution in [1.29, 1.82) is 0 Å². The minimum atomic E-state index is -3.99. The summed E-state index contributed by atoms with van der Waals surface area (Å²) in [6.07, 6.45) is 0. The lowest BCUT2D eigenvalue weighted by atomic mass is 10.1. The molecule has 9 heteroatoms. The lowest BCUT2D eigenvalue weighted by molar-refractivity contribution is 0.0786. The van der Waals surface area contributed by atoms with E-state index in [-0.39, 0.29) is 28.6 Å². The van der Waals surface area contributed by atoms with E-state index in [4.69, 9.17) is 0 Å². The van der Waals surface area contributed by atoms with Crippen LogP contribution in [0.15, 0.2) is 77.7 Å². The normalized spacial score (nSPS) is 11.4. The van der Waals surface area contributed by atoms with Crippen molar-refractivity contribution >= 4 is 43.2 Å². The van der Waals surface area contributed by atoms with Crippen molar-refractivity contribution in [2.45, 2.75) is 11.4 Å². The molecule has 1 aromatic heterocycles. The van der Waals surface area contributed by atoms with Gasteiger partial charge in [-0.1, -0.05) is 24.3 Å². The molecule has 158 valence electrons. The molecule has 1 heterocycles. The second-order valence-electron chi connectivity index (χ2n) is 6.84. The summed E-state index contributed by atoms with van der Waals surface area (Å²) in [6, 6.07) is 18.6. The molecule has 0 unspecified atom stereocenters. The zero-order valence-electron chi connectivity index (χ0n) is 16.4. The van der Waals surface area contributed by atoms with Gasteiger partial charge >= 0.3 is 0 Å². The van der Waals surface area contributed by atoms with Gasteiger partial charge < -0.3 is 4.90 Å². The first-order valence-corrected chi connectivity index (χ1v) is 11.6. The highest BCUT2D eigenvalue weighted by molar-refractivity contribution is 7.92. The number of carbonyl (C=O) groups excluding carboxylic acids is 1. The van der Waals surface area contributed by atoms with Gasteiger partial charge in [0.2, 0.25) is 0 Å². The lowest BCUT2D eigenvalue weighted by Gasteiger charge is -2.18. The highest BCUT2D eigenvalue weighted by atomic mass is 32.2. The van der Waals surface area contributed by atoms with Gasteiger partial charge in [0.1, 0.15) is 10.8 Å². The van der Waals surface area contributed by atoms with E-state index in [1.165, 1.54) is 34.4 Å². The zero-order chi connectivity index (χ0) is 22.0. The third kappa shape index (κ3) is 4.57. The first-order chi connectivity index (χ1) is 14.8. The maximum atomic E-state index is 13.1. The van der Waals surface area contributed by atoms with Crippen LogP contribution in [0.2, 0.25) is 0 Å². The molecule has 4 rings (SSSR count). The number of aromatic nitrogens is 1. The molecule has 0 aliphatic rings. The predicted octanol–water partition coefficient (Wildman–Crippen LogP) is 4.51. The molecule has 6 nitrogen and oxygen atoms in total. The molecule has 3 aromatic carbocycles. The topological polar surface area (TPSA) is 79.4 Å². The second kappa shape index (κ2) is 8.44. The number of nitrogens with zero attached hydrogens (tertiary/aromatic N) is 2. The SMILES string of the molecule is CN(Cc1nc2ccccc2s1)C(=O)c1ccccc1NS(=O)(=O)c1ccc(F)cc1. The number of carbonyl (C=O) groups is 1. The van der Waals surface area contributed by atoms with Crippen LogP contribution >= 0.6 is 11.3 Å². The van der Waals surface area contributed by atoms with E-state index in [2.05, 4.69) is 9.71 Å². The number of hydrogen-bond acceptors (Lipinski definition) is 5. The molecule has 0 aliphatic heterocycles. The van der Waals surface area contributed by atoms with Crippen molar-refractivity contribution < 1.29 is 17.6 Å². The standard InChI is InChI=1S/C22H18FN3O3S2/c1-26(14-21-24-19-8-4-5-9-20(19)30-21)22(27)17-6-2-3-7-18(17)25-31(28,29)16-12-10-15(23)11-13-16/h2-13,25H,14H2,1H3. The number of para-hydroxylation sites is 2. The molecule has 31 heavy (non-hydrogen) atoms. The second-order valence-corrected chi connectivity index (χ2v) is 9.64. The van der Waals surface area contributed by atoms with Crippen LogP contribution in [-0.2, 0) is 16.6 Å². The summed E-state index contributed by atoms with van der Waals surface area (Å²) < 4.78 is 42.0. The van der Waals surface area contributed by atoms with E-state index in [0.717, 1.165) is 27.4 Å². The number of amides is 1. The molecular weight excluding hydrogens is 437 g/mol. The van der Waals surface area contributed by atoms with Gasteiger partial charge in [-0.05, 0) is 48.5 Å². The van der Waals surface area contributed by atoms with E-state index in [1.807, 2.05) is 24.3 Å². The van der Waals surface area contributed by atoms with Crippen LogP contribution in [0, 0.1) is 5.82 Å². The molecule has 0 fully saturated rings. The van der Waals surface area contributed by atoms with Crippen molar-refractivity contribution in [2.75, 3.05) is 11.8 Å². The van der Waals surface area contributed by atoms with Crippen LogP contribution in [-0.4, -0.2) is 31.3 Å². The van der Waals surface area contributed by atoms with Gasteiger partial charge in [-0.15, -0.1) is 11.3 Å². The van der Waals surface area contributed by atoms with E-state index in [1.54, 1.807) is 25.2 Å². The fourth-order valence-electron chi connectivity index (χ4n) is 3.04. The number of fused-ring (bicyclic) bond motifs is 1. The lowest BCUT2D eigenvalue weighted by Crippen LogP contribution is -2.27. The molecule has 0 radical (unpaired) electrons. The van der Waals surface area contributed by atoms with Crippen molar-refractivity contribution in [2.24, 2.45) is 0 Å². The van der Waals surface area contributed by atoms with Crippen LogP contribution in [0.4, 0.5) is 10.1 Å². The van der Waals surface area contributed by atoms with Crippen LogP contribution in [0.25, 0.3) is 10.2 Å². The predicted molar refractivity (Wildman–Crippen MR) is 119 cm³/mol. The minimum absolute atomic E-state index is 0.0982. The largest absolute Gasteiger partial charge is 0.335 e. The van der Waals surface area contributed by atoms with Crippen molar-refractivity contribution in [1.82, 2.24) is 9.88 Å². The number of hydrogen-bond donors (Lipinski definition) is 1. The first-order valence-electron chi connectivity index (χ1n) is 9.31. The van der Waals surface area contributed by atoms with Crippen molar-refractivity contribution in [3.63, 3.8) is 0 Å². The maximum Gasteiger partial charge on any atom is 0.261 e. The Balaban J connectivity index is 1.56. The fourth-order valence-corrected chi connectivity index (χ4v) is 5.14. The highest BCUT2D eigenvalue weighted by Crippen LogP contribution is 2.25. The number of anilines is 1. The molecular formula is C22H18FN3O3S2. The quantitative estimate of drug-likeness (QED) is 0.464. The van der Waals surface area contributed by atoms with Crippen LogP contribution < -0.4 is 4.72 Å². The summed E-state index contributed by atoms with van der Waals surface area (Å²) in [7, 11) is -2.35. The van der Waals surface area contributed by atoms with E-state index < -0.39 is 15.8 Å². The van der Waals surface area contributed by atoms with Gasteiger partial charge in [0, 0.05) is 7.05 Å². The summed E-state index contributed by atoms with van der Waals surface area (Å²) in [4.78, 5) is 19.0. The number of thiazole rings is 1. The highest BCUT2D eigenvalue weighted by Gasteiger charge is 2.21. The Hall–Kier alpha value is -3.30. The fraction of sp³-hybridized carbons (Fsp3) is 0.0909. The summed E-state index contributed by atoms with van der Waals surface area (Å²) in [5.74, 6) is -0.886. The molecule has 4 aromatic rings. The Bertz CT molecular complexity index is 1320. The summed E-state index contributed by atoms with van der Waals surface area (Å²) in [5.41, 5.74) is 1.22. The summed E-state index contributed by atoms with van der Waals surface area (Å²) in [5, 5.41) is 0.779. The Morgan fingerprint density at radius 1 is 1.03 bits per heavy atom. The Morgan fingerprint density at radius 2 is 1.71 bits per heavy atom. The summed E-state index contributed by atoms with van der Waals surface area (Å²) in [6.45, 7) is 0.289. The van der Waals surface area contributed by atoms with Crippen LogP contribution in [0.5, 0.6) is 0 Å². The molecule has 0 saturated carbocycles. The van der Waals surface area contributed by atoms with E-state index in [9.17, 15) is 17.6 Å². The molecule has 0 saturated heterocycles. The van der Waals surface area contributed by atoms with Gasteiger partial charge in [-0.3, -0.25) is 9.52 Å². The third-order valence-electron chi connectivity index (χ3n) is 4.58. The van der Waals surface area contributed by atoms with Gasteiger partial charge in [0.15, 0.2) is 0 Å². The number of benzene rings is 3. The van der Waals surface area contributed by atoms with Gasteiger partial charge in [0.25, 0.3) is 15.9 Å². The third-order valence-corrected chi connectivity index (χ3v) is 6.99.